The van der Waals surface area contributed by atoms with Crippen LogP contribution in [0.1, 0.15) is 26.3 Å². The van der Waals surface area contributed by atoms with E-state index in [0.717, 1.165) is 0 Å². The lowest BCUT2D eigenvalue weighted by atomic mass is 10.0. The van der Waals surface area contributed by atoms with Gasteiger partial charge in [0.1, 0.15) is 6.54 Å². The van der Waals surface area contributed by atoms with E-state index in [1.54, 1.807) is 39.0 Å². The van der Waals surface area contributed by atoms with E-state index in [9.17, 15) is 13.2 Å². The zero-order chi connectivity index (χ0) is 15.5. The van der Waals surface area contributed by atoms with Gasteiger partial charge in [-0.25, -0.2) is 0 Å². The van der Waals surface area contributed by atoms with Crippen molar-refractivity contribution in [3.05, 3.63) is 28.8 Å². The second kappa shape index (κ2) is 6.68. The Morgan fingerprint density at radius 2 is 1.85 bits per heavy atom. The maximum Gasteiger partial charge on any atom is 0.405 e. The van der Waals surface area contributed by atoms with E-state index in [4.69, 9.17) is 17.3 Å². The van der Waals surface area contributed by atoms with Crippen molar-refractivity contribution in [3.8, 4) is 0 Å². The second-order valence-electron chi connectivity index (χ2n) is 5.26. The van der Waals surface area contributed by atoms with Crippen LogP contribution in [0, 0.1) is 0 Å². The van der Waals surface area contributed by atoms with Crippen LogP contribution < -0.4 is 10.6 Å². The Hall–Kier alpha value is -0.940. The molecule has 0 amide bonds. The number of hydrogen-bond acceptors (Lipinski definition) is 2. The van der Waals surface area contributed by atoms with Crippen LogP contribution in [0.2, 0.25) is 5.02 Å². The van der Waals surface area contributed by atoms with Crippen LogP contribution in [0.4, 0.5) is 18.9 Å². The number of nitrogens with two attached hydrogens (primary N) is 1. The maximum atomic E-state index is 12.7. The summed E-state index contributed by atoms with van der Waals surface area (Å²) >= 11 is 6.13. The van der Waals surface area contributed by atoms with Gasteiger partial charge in [0.25, 0.3) is 0 Å². The molecule has 114 valence electrons. The molecule has 0 heterocycles. The lowest BCUT2D eigenvalue weighted by Gasteiger charge is -2.32. The van der Waals surface area contributed by atoms with E-state index in [2.05, 4.69) is 0 Å². The van der Waals surface area contributed by atoms with Crippen LogP contribution in [-0.4, -0.2) is 24.8 Å². The van der Waals surface area contributed by atoms with Crippen molar-refractivity contribution in [2.75, 3.05) is 11.4 Å². The molecule has 0 aliphatic rings. The Morgan fingerprint density at radius 1 is 1.25 bits per heavy atom. The van der Waals surface area contributed by atoms with Crippen LogP contribution in [-0.2, 0) is 6.42 Å². The zero-order valence-electron chi connectivity index (χ0n) is 11.8. The standard InChI is InChI=1S/C14H20ClF3N2/c1-9(2)20(8-14(16,17)18)13-6-4-5-12(15)11(13)7-10(3)19/h4-6,9-10H,7-8,19H2,1-3H3. The highest BCUT2D eigenvalue weighted by molar-refractivity contribution is 6.31. The third kappa shape index (κ3) is 4.87. The predicted octanol–water partition coefficient (Wildman–Crippen LogP) is 4.01. The summed E-state index contributed by atoms with van der Waals surface area (Å²) in [5.41, 5.74) is 6.94. The normalized spacial score (nSPS) is 13.7. The van der Waals surface area contributed by atoms with Gasteiger partial charge in [0, 0.05) is 22.8 Å². The van der Waals surface area contributed by atoms with E-state index in [1.165, 1.54) is 4.90 Å². The molecule has 2 N–H and O–H groups in total. The van der Waals surface area contributed by atoms with Crippen molar-refractivity contribution < 1.29 is 13.2 Å². The Balaban J connectivity index is 3.22. The first-order valence-electron chi connectivity index (χ1n) is 6.48. The Morgan fingerprint density at radius 3 is 2.30 bits per heavy atom. The van der Waals surface area contributed by atoms with Gasteiger partial charge in [0.05, 0.1) is 0 Å². The molecule has 1 aromatic carbocycles. The van der Waals surface area contributed by atoms with Crippen LogP contribution in [0.3, 0.4) is 0 Å². The second-order valence-corrected chi connectivity index (χ2v) is 5.66. The third-order valence-corrected chi connectivity index (χ3v) is 3.26. The van der Waals surface area contributed by atoms with Crippen molar-refractivity contribution in [3.63, 3.8) is 0 Å². The molecule has 0 saturated carbocycles. The number of halogens is 4. The van der Waals surface area contributed by atoms with Crippen LogP contribution in [0.15, 0.2) is 18.2 Å². The lowest BCUT2D eigenvalue weighted by molar-refractivity contribution is -0.120. The largest absolute Gasteiger partial charge is 0.405 e. The van der Waals surface area contributed by atoms with Crippen molar-refractivity contribution in [2.45, 2.75) is 45.5 Å². The van der Waals surface area contributed by atoms with Gasteiger partial charge in [-0.1, -0.05) is 17.7 Å². The molecule has 2 nitrogen and oxygen atoms in total. The summed E-state index contributed by atoms with van der Waals surface area (Å²) in [5, 5.41) is 0.452. The monoisotopic (exact) mass is 308 g/mol. The average molecular weight is 309 g/mol. The Kier molecular flexibility index (Phi) is 5.71. The summed E-state index contributed by atoms with van der Waals surface area (Å²) in [4.78, 5) is 1.31. The SMILES string of the molecule is CC(N)Cc1c(Cl)cccc1N(CC(F)(F)F)C(C)C. The minimum atomic E-state index is -4.27. The Labute approximate surface area is 122 Å². The topological polar surface area (TPSA) is 29.3 Å². The average Bonchev–Trinajstić information content (AvgIpc) is 2.27. The summed E-state index contributed by atoms with van der Waals surface area (Å²) in [6.07, 6.45) is -3.83. The first-order valence-corrected chi connectivity index (χ1v) is 6.86. The molecule has 1 rings (SSSR count). The van der Waals surface area contributed by atoms with Crippen LogP contribution >= 0.6 is 11.6 Å². The molecule has 0 saturated heterocycles. The summed E-state index contributed by atoms with van der Waals surface area (Å²) in [7, 11) is 0. The van der Waals surface area contributed by atoms with Gasteiger partial charge in [-0.3, -0.25) is 0 Å². The molecular formula is C14H20ClF3N2. The molecule has 0 spiro atoms. The van der Waals surface area contributed by atoms with E-state index in [1.807, 2.05) is 0 Å². The molecule has 1 aromatic rings. The molecular weight excluding hydrogens is 289 g/mol. The number of benzene rings is 1. The molecule has 0 fully saturated rings. The van der Waals surface area contributed by atoms with Crippen LogP contribution in [0.5, 0.6) is 0 Å². The quantitative estimate of drug-likeness (QED) is 0.890. The van der Waals surface area contributed by atoms with Gasteiger partial charge in [0.15, 0.2) is 0 Å². The molecule has 0 aromatic heterocycles. The van der Waals surface area contributed by atoms with Gasteiger partial charge < -0.3 is 10.6 Å². The van der Waals surface area contributed by atoms with E-state index in [0.29, 0.717) is 22.7 Å². The summed E-state index contributed by atoms with van der Waals surface area (Å²) in [6.45, 7) is 4.25. The summed E-state index contributed by atoms with van der Waals surface area (Å²) in [5.74, 6) is 0. The minimum absolute atomic E-state index is 0.173. The van der Waals surface area contributed by atoms with Gasteiger partial charge in [-0.15, -0.1) is 0 Å². The predicted molar refractivity (Wildman–Crippen MR) is 77.3 cm³/mol. The fraction of sp³-hybridized carbons (Fsp3) is 0.571. The number of hydrogen-bond donors (Lipinski definition) is 1. The molecule has 6 heteroatoms. The lowest BCUT2D eigenvalue weighted by Crippen LogP contribution is -2.40. The molecule has 0 radical (unpaired) electrons. The fourth-order valence-corrected chi connectivity index (χ4v) is 2.33. The maximum absolute atomic E-state index is 12.7. The van der Waals surface area contributed by atoms with Crippen molar-refractivity contribution in [2.24, 2.45) is 5.73 Å². The Bertz CT molecular complexity index is 445. The van der Waals surface area contributed by atoms with Crippen molar-refractivity contribution in [1.82, 2.24) is 0 Å². The van der Waals surface area contributed by atoms with Gasteiger partial charge in [0.2, 0.25) is 0 Å². The van der Waals surface area contributed by atoms with E-state index in [-0.39, 0.29) is 12.1 Å². The molecule has 20 heavy (non-hydrogen) atoms. The van der Waals surface area contributed by atoms with Gasteiger partial charge in [-0.05, 0) is 44.9 Å². The molecule has 0 aliphatic heterocycles. The molecule has 1 atom stereocenters. The number of rotatable bonds is 5. The fourth-order valence-electron chi connectivity index (χ4n) is 2.08. The number of anilines is 1. The van der Waals surface area contributed by atoms with Crippen molar-refractivity contribution >= 4 is 17.3 Å². The highest BCUT2D eigenvalue weighted by Gasteiger charge is 2.33. The minimum Gasteiger partial charge on any atom is -0.360 e. The first kappa shape index (κ1) is 17.1. The smallest absolute Gasteiger partial charge is 0.360 e. The third-order valence-electron chi connectivity index (χ3n) is 2.90. The highest BCUT2D eigenvalue weighted by atomic mass is 35.5. The highest BCUT2D eigenvalue weighted by Crippen LogP contribution is 2.32. The van der Waals surface area contributed by atoms with Gasteiger partial charge in [-0.2, -0.15) is 13.2 Å². The molecule has 0 aliphatic carbocycles. The summed E-state index contributed by atoms with van der Waals surface area (Å²) in [6, 6.07) is 4.54. The molecule has 1 unspecified atom stereocenters. The summed E-state index contributed by atoms with van der Waals surface area (Å²) < 4.78 is 38.2. The van der Waals surface area contributed by atoms with E-state index >= 15 is 0 Å². The van der Waals surface area contributed by atoms with Crippen LogP contribution in [0.25, 0.3) is 0 Å². The van der Waals surface area contributed by atoms with Gasteiger partial charge >= 0.3 is 6.18 Å². The first-order chi connectivity index (χ1) is 9.11. The zero-order valence-corrected chi connectivity index (χ0v) is 12.6. The number of alkyl halides is 3. The molecule has 0 bridgehead atoms. The number of nitrogens with zero attached hydrogens (tertiary/aromatic N) is 1. The van der Waals surface area contributed by atoms with Crippen molar-refractivity contribution in [1.29, 1.82) is 0 Å². The van der Waals surface area contributed by atoms with E-state index < -0.39 is 12.7 Å².